The molecule has 1 atom stereocenters. The maximum Gasteiger partial charge on any atom is 0.244 e. The van der Waals surface area contributed by atoms with E-state index in [1.807, 2.05) is 0 Å². The molecular weight excluding hydrogens is 529 g/mol. The fraction of sp³-hybridized carbons (Fsp3) is 0.300. The third-order valence-electron chi connectivity index (χ3n) is 4.54. The molecule has 0 aromatic heterocycles. The number of benzene rings is 2. The van der Waals surface area contributed by atoms with Gasteiger partial charge in [-0.25, -0.2) is 8.42 Å². The summed E-state index contributed by atoms with van der Waals surface area (Å²) in [5, 5.41) is 3.28. The van der Waals surface area contributed by atoms with Crippen molar-refractivity contribution >= 4 is 66.7 Å². The van der Waals surface area contributed by atoms with Crippen molar-refractivity contribution in [3.05, 3.63) is 62.5 Å². The second kappa shape index (κ2) is 10.7. The monoisotopic (exact) mass is 549 g/mol. The van der Waals surface area contributed by atoms with Gasteiger partial charge >= 0.3 is 0 Å². The minimum atomic E-state index is -3.78. The van der Waals surface area contributed by atoms with Crippen LogP contribution in [0.4, 0.5) is 5.69 Å². The van der Waals surface area contributed by atoms with Gasteiger partial charge < -0.3 is 10.2 Å². The van der Waals surface area contributed by atoms with E-state index in [0.717, 1.165) is 10.6 Å². The van der Waals surface area contributed by atoms with Crippen molar-refractivity contribution in [2.45, 2.75) is 19.5 Å². The molecule has 0 aliphatic rings. The molecule has 11 heteroatoms. The molecule has 0 radical (unpaired) electrons. The Hall–Kier alpha value is -1.81. The number of rotatable bonds is 8. The minimum Gasteiger partial charge on any atom is -0.357 e. The van der Waals surface area contributed by atoms with Crippen LogP contribution in [0.2, 0.25) is 10.0 Å². The zero-order valence-corrected chi connectivity index (χ0v) is 21.0. The highest BCUT2D eigenvalue weighted by Gasteiger charge is 2.30. The molecule has 7 nitrogen and oxygen atoms in total. The van der Waals surface area contributed by atoms with E-state index < -0.39 is 34.4 Å². The van der Waals surface area contributed by atoms with E-state index in [-0.39, 0.29) is 6.54 Å². The highest BCUT2D eigenvalue weighted by Crippen LogP contribution is 2.25. The minimum absolute atomic E-state index is 0.000488. The molecule has 1 N–H and O–H groups in total. The molecule has 0 aliphatic heterocycles. The number of hydrogen-bond acceptors (Lipinski definition) is 4. The molecule has 2 aromatic rings. The van der Waals surface area contributed by atoms with Crippen molar-refractivity contribution < 1.29 is 18.0 Å². The first-order chi connectivity index (χ1) is 14.4. The van der Waals surface area contributed by atoms with Gasteiger partial charge in [-0.2, -0.15) is 0 Å². The van der Waals surface area contributed by atoms with E-state index in [4.69, 9.17) is 23.2 Å². The Morgan fingerprint density at radius 3 is 2.39 bits per heavy atom. The van der Waals surface area contributed by atoms with Gasteiger partial charge in [-0.1, -0.05) is 51.3 Å². The molecule has 168 valence electrons. The molecule has 0 bridgehead atoms. The van der Waals surface area contributed by atoms with Gasteiger partial charge in [0.2, 0.25) is 21.8 Å². The Labute approximate surface area is 200 Å². The van der Waals surface area contributed by atoms with E-state index in [1.165, 1.54) is 18.0 Å². The highest BCUT2D eigenvalue weighted by molar-refractivity contribution is 9.10. The molecule has 0 saturated carbocycles. The number of halogens is 3. The van der Waals surface area contributed by atoms with Crippen LogP contribution in [0.5, 0.6) is 0 Å². The van der Waals surface area contributed by atoms with E-state index in [1.54, 1.807) is 43.3 Å². The van der Waals surface area contributed by atoms with Gasteiger partial charge in [-0.15, -0.1) is 0 Å². The first kappa shape index (κ1) is 25.5. The maximum atomic E-state index is 13.3. The first-order valence-electron chi connectivity index (χ1n) is 9.12. The van der Waals surface area contributed by atoms with Crippen LogP contribution in [0.1, 0.15) is 12.5 Å². The summed E-state index contributed by atoms with van der Waals surface area (Å²) < 4.78 is 26.5. The number of sulfonamides is 1. The third kappa shape index (κ3) is 6.83. The van der Waals surface area contributed by atoms with Gasteiger partial charge in [0.05, 0.1) is 11.9 Å². The van der Waals surface area contributed by atoms with Crippen molar-refractivity contribution in [2.75, 3.05) is 24.2 Å². The number of carbonyl (C=O) groups excluding carboxylic acids is 2. The summed E-state index contributed by atoms with van der Waals surface area (Å²) in [7, 11) is -2.32. The number of carbonyl (C=O) groups is 2. The van der Waals surface area contributed by atoms with E-state index in [0.29, 0.717) is 25.8 Å². The molecule has 0 fully saturated rings. The lowest BCUT2D eigenvalue weighted by Crippen LogP contribution is -2.50. The summed E-state index contributed by atoms with van der Waals surface area (Å²) in [5.74, 6) is -0.959. The normalized spacial score (nSPS) is 12.2. The van der Waals surface area contributed by atoms with Crippen molar-refractivity contribution in [1.29, 1.82) is 0 Å². The van der Waals surface area contributed by atoms with Gasteiger partial charge in [-0.05, 0) is 42.8 Å². The molecule has 0 saturated heterocycles. The van der Waals surface area contributed by atoms with E-state index in [9.17, 15) is 18.0 Å². The van der Waals surface area contributed by atoms with E-state index >= 15 is 0 Å². The Morgan fingerprint density at radius 1 is 1.16 bits per heavy atom. The Morgan fingerprint density at radius 2 is 1.84 bits per heavy atom. The second-order valence-corrected chi connectivity index (χ2v) is 10.5. The number of amides is 2. The topological polar surface area (TPSA) is 86.8 Å². The number of hydrogen-bond donors (Lipinski definition) is 1. The lowest BCUT2D eigenvalue weighted by molar-refractivity contribution is -0.139. The van der Waals surface area contributed by atoms with Crippen LogP contribution >= 0.6 is 39.1 Å². The zero-order chi connectivity index (χ0) is 23.3. The standard InChI is InChI=1S/C20H22BrCl2N3O4S/c1-13(20(28)24-2)25(11-14-7-8-16(22)10-18(14)23)19(27)12-26(31(3,29)30)17-6-4-5-15(21)9-17/h4-10,13H,11-12H2,1-3H3,(H,24,28)/t13-/m0/s1. The summed E-state index contributed by atoms with van der Waals surface area (Å²) >= 11 is 15.5. The van der Waals surface area contributed by atoms with Crippen LogP contribution < -0.4 is 9.62 Å². The molecule has 0 heterocycles. The average Bonchev–Trinajstić information content (AvgIpc) is 2.69. The largest absolute Gasteiger partial charge is 0.357 e. The number of nitrogens with one attached hydrogen (secondary N) is 1. The molecule has 2 amide bonds. The van der Waals surface area contributed by atoms with Crippen molar-refractivity contribution in [3.63, 3.8) is 0 Å². The lowest BCUT2D eigenvalue weighted by atomic mass is 10.1. The molecular formula is C20H22BrCl2N3O4S. The van der Waals surface area contributed by atoms with Gasteiger partial charge in [-0.3, -0.25) is 13.9 Å². The Balaban J connectivity index is 2.41. The van der Waals surface area contributed by atoms with Crippen molar-refractivity contribution in [2.24, 2.45) is 0 Å². The third-order valence-corrected chi connectivity index (χ3v) is 6.77. The van der Waals surface area contributed by atoms with Gasteiger partial charge in [0.1, 0.15) is 12.6 Å². The maximum absolute atomic E-state index is 13.3. The molecule has 0 spiro atoms. The number of anilines is 1. The Kier molecular flexibility index (Phi) is 8.76. The smallest absolute Gasteiger partial charge is 0.244 e. The van der Waals surface area contributed by atoms with Crippen LogP contribution in [0.3, 0.4) is 0 Å². The highest BCUT2D eigenvalue weighted by atomic mass is 79.9. The average molecular weight is 551 g/mol. The summed E-state index contributed by atoms with van der Waals surface area (Å²) in [4.78, 5) is 26.8. The van der Waals surface area contributed by atoms with Crippen LogP contribution in [-0.4, -0.2) is 51.0 Å². The first-order valence-corrected chi connectivity index (χ1v) is 12.5. The molecule has 31 heavy (non-hydrogen) atoms. The van der Waals surface area contributed by atoms with Gasteiger partial charge in [0.15, 0.2) is 0 Å². The lowest BCUT2D eigenvalue weighted by Gasteiger charge is -2.31. The van der Waals surface area contributed by atoms with Crippen molar-refractivity contribution in [3.8, 4) is 0 Å². The SMILES string of the molecule is CNC(=O)[C@H](C)N(Cc1ccc(Cl)cc1Cl)C(=O)CN(c1cccc(Br)c1)S(C)(=O)=O. The van der Waals surface area contributed by atoms with Crippen LogP contribution in [0, 0.1) is 0 Å². The predicted molar refractivity (Wildman–Crippen MR) is 127 cm³/mol. The van der Waals surface area contributed by atoms with Crippen LogP contribution in [0.25, 0.3) is 0 Å². The fourth-order valence-corrected chi connectivity index (χ4v) is 4.57. The molecule has 0 aliphatic carbocycles. The summed E-state index contributed by atoms with van der Waals surface area (Å²) in [6.07, 6.45) is 1.02. The summed E-state index contributed by atoms with van der Waals surface area (Å²) in [6.45, 7) is 1.08. The van der Waals surface area contributed by atoms with Crippen molar-refractivity contribution in [1.82, 2.24) is 10.2 Å². The molecule has 0 unspecified atom stereocenters. The second-order valence-electron chi connectivity index (χ2n) is 6.80. The molecule has 2 aromatic carbocycles. The molecule has 2 rings (SSSR count). The number of nitrogens with zero attached hydrogens (tertiary/aromatic N) is 2. The zero-order valence-electron chi connectivity index (χ0n) is 17.1. The van der Waals surface area contributed by atoms with Gasteiger partial charge in [0, 0.05) is 28.1 Å². The summed E-state index contributed by atoms with van der Waals surface area (Å²) in [6, 6.07) is 10.5. The van der Waals surface area contributed by atoms with Crippen LogP contribution in [0.15, 0.2) is 46.9 Å². The van der Waals surface area contributed by atoms with Gasteiger partial charge in [0.25, 0.3) is 0 Å². The van der Waals surface area contributed by atoms with Crippen LogP contribution in [-0.2, 0) is 26.2 Å². The quantitative estimate of drug-likeness (QED) is 0.543. The fourth-order valence-electron chi connectivity index (χ4n) is 2.87. The number of likely N-dealkylation sites (N-methyl/N-ethyl adjacent to an activating group) is 1. The van der Waals surface area contributed by atoms with E-state index in [2.05, 4.69) is 21.2 Å². The Bertz CT molecular complexity index is 1080. The summed E-state index contributed by atoms with van der Waals surface area (Å²) in [5.41, 5.74) is 0.894. The predicted octanol–water partition coefficient (Wildman–Crippen LogP) is 3.69.